The average molecular weight is 296 g/mol. The lowest BCUT2D eigenvalue weighted by atomic mass is 10.0. The second-order valence-corrected chi connectivity index (χ2v) is 5.21. The molecular weight excluding hydrogens is 278 g/mol. The smallest absolute Gasteiger partial charge is 0.328 e. The highest BCUT2D eigenvalue weighted by atomic mass is 35.5. The number of ether oxygens (including phenoxy) is 1. The first kappa shape index (κ1) is 14.9. The number of halogens is 1. The van der Waals surface area contributed by atoms with Gasteiger partial charge < -0.3 is 9.64 Å². The number of esters is 1. The van der Waals surface area contributed by atoms with Crippen LogP contribution >= 0.6 is 11.6 Å². The fraction of sp³-hybridized carbons (Fsp3) is 0.467. The first-order valence-corrected chi connectivity index (χ1v) is 7.24. The average Bonchev–Trinajstić information content (AvgIpc) is 2.47. The largest absolute Gasteiger partial charge is 0.464 e. The molecule has 1 aromatic carbocycles. The Kier molecular flexibility index (Phi) is 5.01. The van der Waals surface area contributed by atoms with Crippen LogP contribution in [0.2, 0.25) is 5.02 Å². The predicted molar refractivity (Wildman–Crippen MR) is 76.8 cm³/mol. The van der Waals surface area contributed by atoms with Gasteiger partial charge in [0.25, 0.3) is 5.91 Å². The van der Waals surface area contributed by atoms with Crippen LogP contribution < -0.4 is 0 Å². The molecule has 1 amide bonds. The van der Waals surface area contributed by atoms with Gasteiger partial charge in [-0.1, -0.05) is 11.6 Å². The Bertz CT molecular complexity index is 486. The number of rotatable bonds is 3. The molecule has 0 aromatic heterocycles. The van der Waals surface area contributed by atoms with Crippen LogP contribution in [0.15, 0.2) is 24.3 Å². The summed E-state index contributed by atoms with van der Waals surface area (Å²) in [5, 5.41) is 0.585. The minimum absolute atomic E-state index is 0.139. The lowest BCUT2D eigenvalue weighted by molar-refractivity contribution is -0.149. The summed E-state index contributed by atoms with van der Waals surface area (Å²) in [7, 11) is 0. The third-order valence-corrected chi connectivity index (χ3v) is 3.67. The van der Waals surface area contributed by atoms with E-state index < -0.39 is 6.04 Å². The van der Waals surface area contributed by atoms with E-state index in [0.29, 0.717) is 30.2 Å². The molecule has 0 saturated carbocycles. The zero-order chi connectivity index (χ0) is 14.5. The minimum atomic E-state index is -0.466. The van der Waals surface area contributed by atoms with E-state index in [1.54, 1.807) is 36.1 Å². The molecule has 0 bridgehead atoms. The molecule has 0 spiro atoms. The number of likely N-dealkylation sites (tertiary alicyclic amines) is 1. The van der Waals surface area contributed by atoms with Crippen LogP contribution in [-0.4, -0.2) is 36.0 Å². The quantitative estimate of drug-likeness (QED) is 0.806. The Labute approximate surface area is 123 Å². The third kappa shape index (κ3) is 3.31. The van der Waals surface area contributed by atoms with Crippen LogP contribution in [0, 0.1) is 0 Å². The number of amides is 1. The van der Waals surface area contributed by atoms with Crippen LogP contribution in [0.3, 0.4) is 0 Å². The molecule has 20 heavy (non-hydrogen) atoms. The first-order valence-electron chi connectivity index (χ1n) is 6.86. The Morgan fingerprint density at radius 1 is 1.30 bits per heavy atom. The van der Waals surface area contributed by atoms with Crippen LogP contribution in [0.5, 0.6) is 0 Å². The molecule has 1 unspecified atom stereocenters. The normalized spacial score (nSPS) is 18.7. The van der Waals surface area contributed by atoms with Crippen molar-refractivity contribution < 1.29 is 14.3 Å². The second-order valence-electron chi connectivity index (χ2n) is 4.77. The van der Waals surface area contributed by atoms with Crippen molar-refractivity contribution in [3.8, 4) is 0 Å². The molecule has 0 radical (unpaired) electrons. The second kappa shape index (κ2) is 6.75. The zero-order valence-corrected chi connectivity index (χ0v) is 12.2. The maximum atomic E-state index is 12.5. The molecule has 1 fully saturated rings. The molecule has 1 atom stereocenters. The number of hydrogen-bond donors (Lipinski definition) is 0. The third-order valence-electron chi connectivity index (χ3n) is 3.41. The van der Waals surface area contributed by atoms with E-state index in [2.05, 4.69) is 0 Å². The summed E-state index contributed by atoms with van der Waals surface area (Å²) in [6, 6.07) is 6.26. The zero-order valence-electron chi connectivity index (χ0n) is 11.5. The van der Waals surface area contributed by atoms with E-state index in [0.717, 1.165) is 12.8 Å². The summed E-state index contributed by atoms with van der Waals surface area (Å²) in [5.74, 6) is -0.450. The molecule has 5 heteroatoms. The Hall–Kier alpha value is -1.55. The predicted octanol–water partition coefficient (Wildman–Crippen LogP) is 2.90. The van der Waals surface area contributed by atoms with Gasteiger partial charge in [-0.05, 0) is 50.5 Å². The Morgan fingerprint density at radius 2 is 2.00 bits per heavy atom. The first-order chi connectivity index (χ1) is 9.63. The van der Waals surface area contributed by atoms with E-state index in [4.69, 9.17) is 16.3 Å². The monoisotopic (exact) mass is 295 g/mol. The van der Waals surface area contributed by atoms with Crippen molar-refractivity contribution in [2.45, 2.75) is 32.2 Å². The molecule has 2 rings (SSSR count). The summed E-state index contributed by atoms with van der Waals surface area (Å²) < 4.78 is 5.06. The van der Waals surface area contributed by atoms with Gasteiger partial charge in [0.1, 0.15) is 6.04 Å². The Balaban J connectivity index is 2.16. The van der Waals surface area contributed by atoms with Crippen molar-refractivity contribution in [1.29, 1.82) is 0 Å². The highest BCUT2D eigenvalue weighted by molar-refractivity contribution is 6.30. The highest BCUT2D eigenvalue weighted by Crippen LogP contribution is 2.21. The summed E-state index contributed by atoms with van der Waals surface area (Å²) in [4.78, 5) is 26.1. The summed E-state index contributed by atoms with van der Waals surface area (Å²) in [5.41, 5.74) is 0.547. The number of benzene rings is 1. The number of nitrogens with zero attached hydrogens (tertiary/aromatic N) is 1. The van der Waals surface area contributed by atoms with Gasteiger partial charge in [-0.25, -0.2) is 4.79 Å². The van der Waals surface area contributed by atoms with Gasteiger partial charge in [0.2, 0.25) is 0 Å². The van der Waals surface area contributed by atoms with E-state index >= 15 is 0 Å². The van der Waals surface area contributed by atoms with Crippen molar-refractivity contribution in [1.82, 2.24) is 4.90 Å². The standard InChI is InChI=1S/C15H18ClNO3/c1-2-20-15(19)13-5-3-4-10-17(13)14(18)11-6-8-12(16)9-7-11/h6-9,13H,2-5,10H2,1H3. The van der Waals surface area contributed by atoms with Crippen molar-refractivity contribution in [3.63, 3.8) is 0 Å². The lowest BCUT2D eigenvalue weighted by Gasteiger charge is -2.34. The summed E-state index contributed by atoms with van der Waals surface area (Å²) in [6.07, 6.45) is 2.52. The fourth-order valence-electron chi connectivity index (χ4n) is 2.42. The molecule has 1 aliphatic heterocycles. The lowest BCUT2D eigenvalue weighted by Crippen LogP contribution is -2.48. The maximum absolute atomic E-state index is 12.5. The molecule has 4 nitrogen and oxygen atoms in total. The van der Waals surface area contributed by atoms with E-state index in [1.165, 1.54) is 0 Å². The molecule has 1 aromatic rings. The molecular formula is C15H18ClNO3. The number of carbonyl (C=O) groups is 2. The van der Waals surface area contributed by atoms with Crippen LogP contribution in [0.25, 0.3) is 0 Å². The van der Waals surface area contributed by atoms with Gasteiger partial charge in [-0.3, -0.25) is 4.79 Å². The van der Waals surface area contributed by atoms with Gasteiger partial charge in [-0.15, -0.1) is 0 Å². The van der Waals surface area contributed by atoms with E-state index in [1.807, 2.05) is 0 Å². The Morgan fingerprint density at radius 3 is 2.65 bits per heavy atom. The molecule has 1 saturated heterocycles. The van der Waals surface area contributed by atoms with Crippen molar-refractivity contribution in [2.24, 2.45) is 0 Å². The maximum Gasteiger partial charge on any atom is 0.328 e. The van der Waals surface area contributed by atoms with Crippen molar-refractivity contribution >= 4 is 23.5 Å². The van der Waals surface area contributed by atoms with Crippen molar-refractivity contribution in [3.05, 3.63) is 34.9 Å². The van der Waals surface area contributed by atoms with Gasteiger partial charge in [0.15, 0.2) is 0 Å². The van der Waals surface area contributed by atoms with Gasteiger partial charge >= 0.3 is 5.97 Å². The molecule has 108 valence electrons. The SMILES string of the molecule is CCOC(=O)C1CCCCN1C(=O)c1ccc(Cl)cc1. The van der Waals surface area contributed by atoms with Gasteiger partial charge in [-0.2, -0.15) is 0 Å². The minimum Gasteiger partial charge on any atom is -0.464 e. The number of hydrogen-bond acceptors (Lipinski definition) is 3. The molecule has 1 heterocycles. The van der Waals surface area contributed by atoms with Crippen LogP contribution in [-0.2, 0) is 9.53 Å². The van der Waals surface area contributed by atoms with Crippen LogP contribution in [0.4, 0.5) is 0 Å². The topological polar surface area (TPSA) is 46.6 Å². The molecule has 1 aliphatic rings. The van der Waals surface area contributed by atoms with E-state index in [9.17, 15) is 9.59 Å². The summed E-state index contributed by atoms with van der Waals surface area (Å²) in [6.45, 7) is 2.69. The fourth-order valence-corrected chi connectivity index (χ4v) is 2.54. The van der Waals surface area contributed by atoms with E-state index in [-0.39, 0.29) is 11.9 Å². The number of carbonyl (C=O) groups excluding carboxylic acids is 2. The van der Waals surface area contributed by atoms with Gasteiger partial charge in [0.05, 0.1) is 6.61 Å². The van der Waals surface area contributed by atoms with Crippen LogP contribution in [0.1, 0.15) is 36.5 Å². The highest BCUT2D eigenvalue weighted by Gasteiger charge is 2.33. The molecule has 0 N–H and O–H groups in total. The summed E-state index contributed by atoms with van der Waals surface area (Å²) >= 11 is 5.82. The van der Waals surface area contributed by atoms with Gasteiger partial charge in [0, 0.05) is 17.1 Å². The molecule has 0 aliphatic carbocycles. The van der Waals surface area contributed by atoms with Crippen molar-refractivity contribution in [2.75, 3.05) is 13.2 Å². The number of piperidine rings is 1.